The van der Waals surface area contributed by atoms with E-state index in [4.69, 9.17) is 0 Å². The summed E-state index contributed by atoms with van der Waals surface area (Å²) in [6.07, 6.45) is 2.18. The molecule has 2 atom stereocenters. The average Bonchev–Trinajstić information content (AvgIpc) is 3.83. The fourth-order valence-corrected chi connectivity index (χ4v) is 14.5. The van der Waals surface area contributed by atoms with Crippen LogP contribution in [-0.4, -0.2) is 12.3 Å². The molecule has 4 heteroatoms. The zero-order valence-corrected chi connectivity index (χ0v) is 45.3. The second-order valence-corrected chi connectivity index (χ2v) is 24.5. The summed E-state index contributed by atoms with van der Waals surface area (Å²) >= 11 is 0. The molecule has 14 rings (SSSR count). The maximum atomic E-state index is 2.80. The van der Waals surface area contributed by atoms with E-state index in [-0.39, 0.29) is 28.5 Å². The Hall–Kier alpha value is -8.34. The smallest absolute Gasteiger partial charge is 0.252 e. The molecular weight excluding hydrogens is 930 g/mol. The van der Waals surface area contributed by atoms with Crippen LogP contribution in [0.25, 0.3) is 44.5 Å². The first-order valence-electron chi connectivity index (χ1n) is 27.7. The van der Waals surface area contributed by atoms with Crippen molar-refractivity contribution in [2.24, 2.45) is 5.41 Å². The molecule has 3 aliphatic heterocycles. The molecule has 10 aromatic rings. The van der Waals surface area contributed by atoms with Gasteiger partial charge in [-0.2, -0.15) is 0 Å². The number of fused-ring (bicyclic) bond motifs is 7. The van der Waals surface area contributed by atoms with Gasteiger partial charge in [0.1, 0.15) is 0 Å². The minimum atomic E-state index is -0.214. The first kappa shape index (κ1) is 47.1. The fraction of sp³-hybridized carbons (Fsp3) is 0.178. The summed E-state index contributed by atoms with van der Waals surface area (Å²) in [6.45, 7) is 17.1. The van der Waals surface area contributed by atoms with Crippen molar-refractivity contribution >= 4 is 68.6 Å². The van der Waals surface area contributed by atoms with E-state index in [1.807, 2.05) is 0 Å². The normalized spacial score (nSPS) is 18.6. The Balaban J connectivity index is 1.08. The van der Waals surface area contributed by atoms with E-state index in [2.05, 4.69) is 300 Å². The molecule has 0 bridgehead atoms. The minimum Gasteiger partial charge on any atom is -0.334 e. The maximum Gasteiger partial charge on any atom is 0.252 e. The van der Waals surface area contributed by atoms with Crippen molar-refractivity contribution in [3.63, 3.8) is 0 Å². The predicted octanol–water partition coefficient (Wildman–Crippen LogP) is 17.7. The number of hydrogen-bond acceptors (Lipinski definition) is 3. The van der Waals surface area contributed by atoms with E-state index in [0.717, 1.165) is 24.2 Å². The van der Waals surface area contributed by atoms with Crippen molar-refractivity contribution in [3.8, 4) is 44.5 Å². The molecular formula is C73H64BN3. The highest BCUT2D eigenvalue weighted by Crippen LogP contribution is 2.67. The van der Waals surface area contributed by atoms with Gasteiger partial charge in [-0.05, 0) is 157 Å². The Bertz CT molecular complexity index is 3700. The highest BCUT2D eigenvalue weighted by Gasteiger charge is 2.64. The molecule has 374 valence electrons. The quantitative estimate of drug-likeness (QED) is 0.147. The molecule has 1 saturated carbocycles. The third-order valence-electron chi connectivity index (χ3n) is 18.0. The molecule has 0 aromatic heterocycles. The Labute approximate surface area is 456 Å². The van der Waals surface area contributed by atoms with Crippen LogP contribution in [0.5, 0.6) is 0 Å². The molecule has 1 fully saturated rings. The van der Waals surface area contributed by atoms with Crippen LogP contribution in [0.1, 0.15) is 72.4 Å². The molecule has 0 amide bonds. The lowest BCUT2D eigenvalue weighted by molar-refractivity contribution is 0.330. The van der Waals surface area contributed by atoms with E-state index in [1.54, 1.807) is 0 Å². The fourth-order valence-electron chi connectivity index (χ4n) is 14.5. The van der Waals surface area contributed by atoms with Crippen LogP contribution in [0.2, 0.25) is 0 Å². The van der Waals surface area contributed by atoms with Crippen molar-refractivity contribution in [1.82, 2.24) is 0 Å². The monoisotopic (exact) mass is 994 g/mol. The average molecular weight is 994 g/mol. The van der Waals surface area contributed by atoms with Gasteiger partial charge in [0.15, 0.2) is 0 Å². The zero-order chi connectivity index (χ0) is 52.4. The maximum absolute atomic E-state index is 2.80. The topological polar surface area (TPSA) is 9.72 Å². The summed E-state index contributed by atoms with van der Waals surface area (Å²) in [5.41, 5.74) is 25.9. The second-order valence-electron chi connectivity index (χ2n) is 24.5. The van der Waals surface area contributed by atoms with Crippen molar-refractivity contribution < 1.29 is 0 Å². The molecule has 0 spiro atoms. The van der Waals surface area contributed by atoms with E-state index >= 15 is 0 Å². The van der Waals surface area contributed by atoms with Crippen LogP contribution in [0.4, 0.5) is 45.5 Å². The van der Waals surface area contributed by atoms with Gasteiger partial charge in [0.2, 0.25) is 0 Å². The standard InChI is InChI=1S/C73H64BN3/c1-70(2,3)57-34-41-64-61(44-57)72(6)47-71(4,5)48-73(72,7)77(64)60-45-67-69-68(46-60)76(59-37-30-54(31-38-59)50-22-14-9-15-23-50)66-40-33-56(52-26-18-11-19-27-52)43-63(66)74(69)62-42-55(51-24-16-10-17-25-51)32-39-65(62)75(67)58-35-28-53(29-36-58)49-20-12-8-13-21-49/h8-46H,47-48H2,1-7H3. The molecule has 2 unspecified atom stereocenters. The summed E-state index contributed by atoms with van der Waals surface area (Å²) < 4.78 is 0. The Morgan fingerprint density at radius 1 is 0.364 bits per heavy atom. The Morgan fingerprint density at radius 2 is 0.753 bits per heavy atom. The summed E-state index contributed by atoms with van der Waals surface area (Å²) in [5.74, 6) is 0. The molecule has 3 heterocycles. The molecule has 4 aliphatic rings. The van der Waals surface area contributed by atoms with E-state index in [0.29, 0.717) is 0 Å². The highest BCUT2D eigenvalue weighted by atomic mass is 15.3. The van der Waals surface area contributed by atoms with Crippen LogP contribution < -0.4 is 31.1 Å². The van der Waals surface area contributed by atoms with E-state index < -0.39 is 0 Å². The van der Waals surface area contributed by atoms with Gasteiger partial charge in [0.25, 0.3) is 6.71 Å². The molecule has 0 radical (unpaired) electrons. The third-order valence-corrected chi connectivity index (χ3v) is 18.0. The lowest BCUT2D eigenvalue weighted by Crippen LogP contribution is -2.61. The van der Waals surface area contributed by atoms with E-state index in [9.17, 15) is 0 Å². The molecule has 77 heavy (non-hydrogen) atoms. The van der Waals surface area contributed by atoms with Crippen LogP contribution in [0.3, 0.4) is 0 Å². The Morgan fingerprint density at radius 3 is 1.18 bits per heavy atom. The van der Waals surface area contributed by atoms with Gasteiger partial charge >= 0.3 is 0 Å². The van der Waals surface area contributed by atoms with Crippen molar-refractivity contribution in [1.29, 1.82) is 0 Å². The van der Waals surface area contributed by atoms with E-state index in [1.165, 1.54) is 106 Å². The lowest BCUT2D eigenvalue weighted by atomic mass is 9.33. The van der Waals surface area contributed by atoms with Crippen molar-refractivity contribution in [2.45, 2.75) is 77.7 Å². The van der Waals surface area contributed by atoms with Crippen LogP contribution in [0.15, 0.2) is 237 Å². The number of hydrogen-bond donors (Lipinski definition) is 0. The summed E-state index contributed by atoms with van der Waals surface area (Å²) in [7, 11) is 0. The van der Waals surface area contributed by atoms with Gasteiger partial charge < -0.3 is 14.7 Å². The predicted molar refractivity (Wildman–Crippen MR) is 328 cm³/mol. The number of rotatable bonds is 7. The van der Waals surface area contributed by atoms with Gasteiger partial charge in [0, 0.05) is 50.9 Å². The largest absolute Gasteiger partial charge is 0.334 e. The third kappa shape index (κ3) is 7.47. The van der Waals surface area contributed by atoms with Crippen molar-refractivity contribution in [3.05, 3.63) is 248 Å². The van der Waals surface area contributed by atoms with Crippen LogP contribution >= 0.6 is 0 Å². The summed E-state index contributed by atoms with van der Waals surface area (Å²) in [5, 5.41) is 0. The summed E-state index contributed by atoms with van der Waals surface area (Å²) in [4.78, 5) is 7.99. The summed E-state index contributed by atoms with van der Waals surface area (Å²) in [6, 6.07) is 89.1. The van der Waals surface area contributed by atoms with Crippen LogP contribution in [0, 0.1) is 5.41 Å². The number of anilines is 8. The Kier molecular flexibility index (Phi) is 10.6. The van der Waals surface area contributed by atoms with Gasteiger partial charge in [0.05, 0.1) is 5.54 Å². The first-order chi connectivity index (χ1) is 37.3. The SMILES string of the molecule is CC1(C)CC2(C)c3cc(C(C)(C)C)ccc3N(c3cc4c5c(c3)N(c3ccc(-c6ccccc6)cc3)c3ccc(-c6ccccc6)cc3B5c3cc(-c5ccccc5)ccc3N4c3ccc(-c4ccccc4)cc3)C2(C)C1. The molecule has 3 nitrogen and oxygen atoms in total. The zero-order valence-electron chi connectivity index (χ0n) is 45.3. The number of benzene rings is 10. The molecule has 0 saturated heterocycles. The van der Waals surface area contributed by atoms with Gasteiger partial charge in [-0.25, -0.2) is 0 Å². The highest BCUT2D eigenvalue weighted by molar-refractivity contribution is 7.00. The minimum absolute atomic E-state index is 0.0169. The van der Waals surface area contributed by atoms with Gasteiger partial charge in [-0.3, -0.25) is 0 Å². The van der Waals surface area contributed by atoms with Gasteiger partial charge in [-0.15, -0.1) is 0 Å². The van der Waals surface area contributed by atoms with Gasteiger partial charge in [-0.1, -0.05) is 224 Å². The van der Waals surface area contributed by atoms with Crippen molar-refractivity contribution in [2.75, 3.05) is 14.7 Å². The molecule has 1 aliphatic carbocycles. The first-order valence-corrected chi connectivity index (χ1v) is 27.7. The van der Waals surface area contributed by atoms with Crippen LogP contribution in [-0.2, 0) is 10.8 Å². The molecule has 0 N–H and O–H groups in total. The number of nitrogens with zero attached hydrogens (tertiary/aromatic N) is 3. The second kappa shape index (κ2) is 17.3. The molecule has 10 aromatic carbocycles. The lowest BCUT2D eigenvalue weighted by Gasteiger charge is -2.47.